The number of nitrogens with one attached hydrogen (secondary N) is 2. The van der Waals surface area contributed by atoms with E-state index in [1.54, 1.807) is 0 Å². The highest BCUT2D eigenvalue weighted by Gasteiger charge is 2.24. The minimum atomic E-state index is -0.645. The summed E-state index contributed by atoms with van der Waals surface area (Å²) in [4.78, 5) is 16.7. The summed E-state index contributed by atoms with van der Waals surface area (Å²) in [5, 5.41) is 15.9. The van der Waals surface area contributed by atoms with E-state index in [4.69, 9.17) is 16.3 Å². The molecule has 0 heterocycles. The van der Waals surface area contributed by atoms with Gasteiger partial charge in [-0.05, 0) is 37.3 Å². The Balaban J connectivity index is 2.64. The van der Waals surface area contributed by atoms with E-state index < -0.39 is 11.7 Å². The number of halogens is 2. The summed E-state index contributed by atoms with van der Waals surface area (Å²) in [5.41, 5.74) is 0.296. The molecule has 2 aromatic rings. The van der Waals surface area contributed by atoms with Gasteiger partial charge in [0, 0.05) is 29.7 Å². The molecule has 0 fully saturated rings. The Kier molecular flexibility index (Phi) is 6.41. The minimum absolute atomic E-state index is 0.111. The maximum Gasteiger partial charge on any atom is 0.262 e. The van der Waals surface area contributed by atoms with Crippen LogP contribution >= 0.6 is 11.6 Å². The van der Waals surface area contributed by atoms with Crippen LogP contribution in [0.25, 0.3) is 11.1 Å². The number of phenols is 1. The van der Waals surface area contributed by atoms with E-state index in [1.165, 1.54) is 44.5 Å². The number of phenolic OH excluding ortho intramolecular Hbond substituents is 1. The quantitative estimate of drug-likeness (QED) is 0.562. The SMILES string of the molecule is CCNC(=NC)NC(=O)c1c(O)ccc(Cl)c1-c1cc(F)ccc1OC. The van der Waals surface area contributed by atoms with Crippen molar-refractivity contribution >= 4 is 23.5 Å². The molecule has 26 heavy (non-hydrogen) atoms. The molecule has 1 amide bonds. The number of amides is 1. The molecule has 0 aromatic heterocycles. The third-order valence-electron chi connectivity index (χ3n) is 3.59. The molecule has 2 aromatic carbocycles. The van der Waals surface area contributed by atoms with Crippen LogP contribution < -0.4 is 15.4 Å². The average molecular weight is 380 g/mol. The highest BCUT2D eigenvalue weighted by atomic mass is 35.5. The number of aliphatic imine (C=N–C) groups is 1. The monoisotopic (exact) mass is 379 g/mol. The predicted molar refractivity (Wildman–Crippen MR) is 99.6 cm³/mol. The fourth-order valence-electron chi connectivity index (χ4n) is 2.45. The van der Waals surface area contributed by atoms with Crippen molar-refractivity contribution < 1.29 is 19.0 Å². The summed E-state index contributed by atoms with van der Waals surface area (Å²) in [6.07, 6.45) is 0. The molecule has 0 aliphatic carbocycles. The molecule has 8 heteroatoms. The van der Waals surface area contributed by atoms with Crippen molar-refractivity contribution in [2.24, 2.45) is 4.99 Å². The summed E-state index contributed by atoms with van der Waals surface area (Å²) < 4.78 is 19.1. The summed E-state index contributed by atoms with van der Waals surface area (Å²) in [7, 11) is 2.92. The zero-order valence-electron chi connectivity index (χ0n) is 14.6. The number of ether oxygens (including phenoxy) is 1. The number of carbonyl (C=O) groups excluding carboxylic acids is 1. The number of hydrogen-bond donors (Lipinski definition) is 3. The number of carbonyl (C=O) groups is 1. The van der Waals surface area contributed by atoms with Crippen molar-refractivity contribution in [1.82, 2.24) is 10.6 Å². The third kappa shape index (κ3) is 4.05. The molecule has 6 nitrogen and oxygen atoms in total. The van der Waals surface area contributed by atoms with Gasteiger partial charge >= 0.3 is 0 Å². The van der Waals surface area contributed by atoms with Crippen LogP contribution in [-0.4, -0.2) is 37.7 Å². The first-order chi connectivity index (χ1) is 12.4. The lowest BCUT2D eigenvalue weighted by molar-refractivity contribution is 0.0974. The van der Waals surface area contributed by atoms with E-state index in [9.17, 15) is 14.3 Å². The lowest BCUT2D eigenvalue weighted by Crippen LogP contribution is -2.41. The van der Waals surface area contributed by atoms with Crippen molar-refractivity contribution in [3.8, 4) is 22.6 Å². The molecule has 138 valence electrons. The highest BCUT2D eigenvalue weighted by molar-refractivity contribution is 6.34. The molecule has 0 spiro atoms. The van der Waals surface area contributed by atoms with E-state index in [2.05, 4.69) is 15.6 Å². The summed E-state index contributed by atoms with van der Waals surface area (Å²) in [6, 6.07) is 6.56. The van der Waals surface area contributed by atoms with E-state index in [0.717, 1.165) is 0 Å². The molecule has 0 saturated carbocycles. The normalized spacial score (nSPS) is 11.2. The van der Waals surface area contributed by atoms with Gasteiger partial charge in [-0.2, -0.15) is 0 Å². The predicted octanol–water partition coefficient (Wildman–Crippen LogP) is 3.19. The van der Waals surface area contributed by atoms with Gasteiger partial charge in [0.2, 0.25) is 0 Å². The Morgan fingerprint density at radius 1 is 1.35 bits per heavy atom. The topological polar surface area (TPSA) is 83.0 Å². The molecule has 0 unspecified atom stereocenters. The lowest BCUT2D eigenvalue weighted by Gasteiger charge is -2.17. The minimum Gasteiger partial charge on any atom is -0.507 e. The van der Waals surface area contributed by atoms with Gasteiger partial charge in [-0.1, -0.05) is 11.6 Å². The summed E-state index contributed by atoms with van der Waals surface area (Å²) in [5.74, 6) is -0.943. The molecular weight excluding hydrogens is 361 g/mol. The molecular formula is C18H19ClFN3O3. The van der Waals surface area contributed by atoms with Crippen LogP contribution in [0, 0.1) is 5.82 Å². The number of hydrogen-bond acceptors (Lipinski definition) is 4. The van der Waals surface area contributed by atoms with Gasteiger partial charge in [0.05, 0.1) is 12.7 Å². The second-order valence-corrected chi connectivity index (χ2v) is 5.62. The molecule has 2 rings (SSSR count). The van der Waals surface area contributed by atoms with Gasteiger partial charge in [0.1, 0.15) is 17.3 Å². The largest absolute Gasteiger partial charge is 0.507 e. The first-order valence-electron chi connectivity index (χ1n) is 7.80. The first kappa shape index (κ1) is 19.5. The van der Waals surface area contributed by atoms with Crippen LogP contribution in [0.1, 0.15) is 17.3 Å². The molecule has 0 aliphatic rings. The van der Waals surface area contributed by atoms with Crippen LogP contribution in [0.5, 0.6) is 11.5 Å². The number of nitrogens with zero attached hydrogens (tertiary/aromatic N) is 1. The second kappa shape index (κ2) is 8.53. The lowest BCUT2D eigenvalue weighted by atomic mass is 9.97. The van der Waals surface area contributed by atoms with Crippen LogP contribution in [0.4, 0.5) is 4.39 Å². The molecule has 0 radical (unpaired) electrons. The van der Waals surface area contributed by atoms with Crippen LogP contribution in [-0.2, 0) is 0 Å². The maximum absolute atomic E-state index is 13.8. The van der Waals surface area contributed by atoms with Crippen molar-refractivity contribution in [2.45, 2.75) is 6.92 Å². The van der Waals surface area contributed by atoms with Gasteiger partial charge in [0.15, 0.2) is 5.96 Å². The van der Waals surface area contributed by atoms with Crippen molar-refractivity contribution in [3.05, 3.63) is 46.7 Å². The second-order valence-electron chi connectivity index (χ2n) is 5.22. The Morgan fingerprint density at radius 3 is 2.69 bits per heavy atom. The van der Waals surface area contributed by atoms with Gasteiger partial charge < -0.3 is 15.2 Å². The summed E-state index contributed by atoms with van der Waals surface area (Å²) in [6.45, 7) is 2.39. The van der Waals surface area contributed by atoms with E-state index in [1.807, 2.05) is 6.92 Å². The molecule has 3 N–H and O–H groups in total. The molecule has 0 atom stereocenters. The standard InChI is InChI=1S/C18H19ClFN3O3/c1-4-22-18(21-2)23-17(25)16-13(24)7-6-12(19)15(16)11-9-10(20)5-8-14(11)26-3/h5-9,24H,4H2,1-3H3,(H2,21,22,23,25). The highest BCUT2D eigenvalue weighted by Crippen LogP contribution is 2.41. The van der Waals surface area contributed by atoms with Gasteiger partial charge in [-0.3, -0.25) is 15.1 Å². The third-order valence-corrected chi connectivity index (χ3v) is 3.91. The Morgan fingerprint density at radius 2 is 2.08 bits per heavy atom. The van der Waals surface area contributed by atoms with Crippen LogP contribution in [0.2, 0.25) is 5.02 Å². The zero-order chi connectivity index (χ0) is 19.3. The fraction of sp³-hybridized carbons (Fsp3) is 0.222. The molecule has 0 saturated heterocycles. The van der Waals surface area contributed by atoms with E-state index in [-0.39, 0.29) is 33.4 Å². The number of guanidine groups is 1. The van der Waals surface area contributed by atoms with Crippen molar-refractivity contribution in [3.63, 3.8) is 0 Å². The fourth-order valence-corrected chi connectivity index (χ4v) is 2.71. The first-order valence-corrected chi connectivity index (χ1v) is 8.18. The van der Waals surface area contributed by atoms with Crippen LogP contribution in [0.3, 0.4) is 0 Å². The smallest absolute Gasteiger partial charge is 0.262 e. The zero-order valence-corrected chi connectivity index (χ0v) is 15.3. The van der Waals surface area contributed by atoms with Gasteiger partial charge in [0.25, 0.3) is 5.91 Å². The molecule has 0 aliphatic heterocycles. The van der Waals surface area contributed by atoms with Crippen molar-refractivity contribution in [2.75, 3.05) is 20.7 Å². The summed E-state index contributed by atoms with van der Waals surface area (Å²) >= 11 is 6.28. The number of aromatic hydroxyl groups is 1. The van der Waals surface area contributed by atoms with Crippen LogP contribution in [0.15, 0.2) is 35.3 Å². The van der Waals surface area contributed by atoms with Gasteiger partial charge in [-0.25, -0.2) is 4.39 Å². The number of benzene rings is 2. The van der Waals surface area contributed by atoms with E-state index in [0.29, 0.717) is 12.3 Å². The number of rotatable bonds is 4. The van der Waals surface area contributed by atoms with Crippen molar-refractivity contribution in [1.29, 1.82) is 0 Å². The Hall–Kier alpha value is -2.80. The Labute approximate surface area is 155 Å². The number of methoxy groups -OCH3 is 1. The van der Waals surface area contributed by atoms with Gasteiger partial charge in [-0.15, -0.1) is 0 Å². The Bertz CT molecular complexity index is 856. The average Bonchev–Trinajstić information content (AvgIpc) is 2.62. The molecule has 0 bridgehead atoms. The maximum atomic E-state index is 13.8. The van der Waals surface area contributed by atoms with E-state index >= 15 is 0 Å².